The quantitative estimate of drug-likeness (QED) is 0.155. The first-order valence-corrected chi connectivity index (χ1v) is 13.5. The molecule has 42 heavy (non-hydrogen) atoms. The number of ether oxygens (including phenoxy) is 2. The van der Waals surface area contributed by atoms with Crippen molar-refractivity contribution in [3.8, 4) is 22.6 Å². The van der Waals surface area contributed by atoms with E-state index in [9.17, 15) is 19.4 Å². The van der Waals surface area contributed by atoms with Crippen LogP contribution in [0, 0.1) is 5.82 Å². The van der Waals surface area contributed by atoms with Crippen molar-refractivity contribution in [1.82, 2.24) is 15.6 Å². The maximum absolute atomic E-state index is 14.8. The number of aliphatic carboxylic acids is 1. The summed E-state index contributed by atoms with van der Waals surface area (Å²) in [5, 5.41) is 29.5. The van der Waals surface area contributed by atoms with E-state index in [2.05, 4.69) is 15.6 Å². The SMILES string of the molecule is O=C(O)C(CO)NCc1cc(Cl)c(OCc2c(F)ccc(-c3ccccc3)c2Cl)cc1OCc1ccc2nonc2c1. The summed E-state index contributed by atoms with van der Waals surface area (Å²) in [5.41, 5.74) is 4.07. The van der Waals surface area contributed by atoms with Crippen molar-refractivity contribution >= 4 is 40.2 Å². The highest BCUT2D eigenvalue weighted by atomic mass is 35.5. The number of nitrogens with zero attached hydrogens (tertiary/aromatic N) is 2. The number of aliphatic hydroxyl groups is 1. The van der Waals surface area contributed by atoms with Crippen molar-refractivity contribution < 1.29 is 33.5 Å². The van der Waals surface area contributed by atoms with Gasteiger partial charge in [0.2, 0.25) is 0 Å². The fourth-order valence-corrected chi connectivity index (χ4v) is 4.78. The Balaban J connectivity index is 1.41. The van der Waals surface area contributed by atoms with Crippen molar-refractivity contribution in [2.75, 3.05) is 6.61 Å². The van der Waals surface area contributed by atoms with Gasteiger partial charge in [-0.05, 0) is 51.8 Å². The van der Waals surface area contributed by atoms with Crippen LogP contribution in [-0.4, -0.2) is 39.1 Å². The number of hydrogen-bond acceptors (Lipinski definition) is 8. The molecule has 0 fully saturated rings. The highest BCUT2D eigenvalue weighted by molar-refractivity contribution is 6.34. The molecule has 5 aromatic rings. The van der Waals surface area contributed by atoms with E-state index in [0.29, 0.717) is 27.9 Å². The third kappa shape index (κ3) is 6.63. The van der Waals surface area contributed by atoms with E-state index < -0.39 is 24.4 Å². The van der Waals surface area contributed by atoms with Crippen molar-refractivity contribution in [3.63, 3.8) is 0 Å². The maximum Gasteiger partial charge on any atom is 0.323 e. The van der Waals surface area contributed by atoms with Gasteiger partial charge in [-0.3, -0.25) is 10.1 Å². The number of benzene rings is 4. The van der Waals surface area contributed by atoms with Gasteiger partial charge in [-0.25, -0.2) is 9.02 Å². The molecule has 0 amide bonds. The molecular weight excluding hydrogens is 588 g/mol. The summed E-state index contributed by atoms with van der Waals surface area (Å²) >= 11 is 13.1. The number of nitrogens with one attached hydrogen (secondary N) is 1. The molecule has 0 spiro atoms. The molecule has 0 saturated heterocycles. The minimum atomic E-state index is -1.21. The van der Waals surface area contributed by atoms with Crippen LogP contribution in [0.4, 0.5) is 4.39 Å². The van der Waals surface area contributed by atoms with Crippen molar-refractivity contribution in [3.05, 3.63) is 105 Å². The summed E-state index contributed by atoms with van der Waals surface area (Å²) in [4.78, 5) is 11.4. The van der Waals surface area contributed by atoms with Crippen molar-refractivity contribution in [1.29, 1.82) is 0 Å². The van der Waals surface area contributed by atoms with Gasteiger partial charge in [0.25, 0.3) is 0 Å². The maximum atomic E-state index is 14.8. The molecule has 4 aromatic carbocycles. The zero-order valence-corrected chi connectivity index (χ0v) is 23.4. The van der Waals surface area contributed by atoms with E-state index in [-0.39, 0.29) is 41.1 Å². The lowest BCUT2D eigenvalue weighted by atomic mass is 10.0. The molecule has 1 unspecified atom stereocenters. The van der Waals surface area contributed by atoms with E-state index in [1.54, 1.807) is 30.3 Å². The Morgan fingerprint density at radius 3 is 2.48 bits per heavy atom. The largest absolute Gasteiger partial charge is 0.488 e. The molecule has 0 bridgehead atoms. The monoisotopic (exact) mass is 611 g/mol. The van der Waals surface area contributed by atoms with Crippen LogP contribution in [-0.2, 0) is 24.6 Å². The molecule has 0 aliphatic rings. The smallest absolute Gasteiger partial charge is 0.323 e. The standard InChI is InChI=1S/C30H24Cl2FN3O6/c31-22-11-19(13-34-26(14-37)30(38)39)27(40-15-17-6-9-24-25(10-17)36-42-35-24)12-28(22)41-16-21-23(33)8-7-20(29(21)32)18-4-2-1-3-5-18/h1-12,26,34,37H,13-16H2,(H,38,39). The van der Waals surface area contributed by atoms with Crippen LogP contribution < -0.4 is 14.8 Å². The summed E-state index contributed by atoms with van der Waals surface area (Å²) in [6.45, 7) is -0.707. The molecule has 5 rings (SSSR count). The fraction of sp³-hybridized carbons (Fsp3) is 0.167. The topological polar surface area (TPSA) is 127 Å². The van der Waals surface area contributed by atoms with Gasteiger partial charge in [0.15, 0.2) is 0 Å². The lowest BCUT2D eigenvalue weighted by Crippen LogP contribution is -2.39. The highest BCUT2D eigenvalue weighted by Crippen LogP contribution is 2.36. The lowest BCUT2D eigenvalue weighted by Gasteiger charge is -2.18. The molecule has 3 N–H and O–H groups in total. The van der Waals surface area contributed by atoms with Crippen LogP contribution in [0.15, 0.2) is 77.4 Å². The predicted octanol–water partition coefficient (Wildman–Crippen LogP) is 6.03. The van der Waals surface area contributed by atoms with E-state index in [0.717, 1.165) is 11.1 Å². The second-order valence-corrected chi connectivity index (χ2v) is 10.0. The van der Waals surface area contributed by atoms with Gasteiger partial charge in [0.1, 0.15) is 47.6 Å². The van der Waals surface area contributed by atoms with Crippen LogP contribution in [0.3, 0.4) is 0 Å². The zero-order chi connectivity index (χ0) is 29.6. The summed E-state index contributed by atoms with van der Waals surface area (Å²) in [6, 6.07) is 19.5. The van der Waals surface area contributed by atoms with E-state index in [1.165, 1.54) is 12.1 Å². The number of halogens is 3. The van der Waals surface area contributed by atoms with Gasteiger partial charge in [0, 0.05) is 29.3 Å². The highest BCUT2D eigenvalue weighted by Gasteiger charge is 2.19. The lowest BCUT2D eigenvalue weighted by molar-refractivity contribution is -0.140. The van der Waals surface area contributed by atoms with Gasteiger partial charge in [0.05, 0.1) is 16.7 Å². The molecule has 12 heteroatoms. The Labute approximate surface area is 249 Å². The molecule has 0 radical (unpaired) electrons. The molecule has 0 saturated carbocycles. The Morgan fingerprint density at radius 2 is 1.71 bits per heavy atom. The van der Waals surface area contributed by atoms with Gasteiger partial charge < -0.3 is 19.7 Å². The number of carbonyl (C=O) groups is 1. The van der Waals surface area contributed by atoms with Gasteiger partial charge in [-0.2, -0.15) is 0 Å². The number of fused-ring (bicyclic) bond motifs is 1. The Morgan fingerprint density at radius 1 is 0.952 bits per heavy atom. The normalized spacial score (nSPS) is 11.9. The summed E-state index contributed by atoms with van der Waals surface area (Å²) < 4.78 is 31.6. The van der Waals surface area contributed by atoms with Gasteiger partial charge in [-0.1, -0.05) is 59.6 Å². The summed E-state index contributed by atoms with van der Waals surface area (Å²) in [7, 11) is 0. The number of aliphatic hydroxyl groups excluding tert-OH is 1. The van der Waals surface area contributed by atoms with Crippen LogP contribution >= 0.6 is 23.2 Å². The number of hydrogen-bond donors (Lipinski definition) is 3. The molecule has 216 valence electrons. The Hall–Kier alpha value is -4.22. The first-order valence-electron chi connectivity index (χ1n) is 12.7. The van der Waals surface area contributed by atoms with Gasteiger partial charge in [-0.15, -0.1) is 0 Å². The number of carboxylic acid groups (broad SMARTS) is 1. The second kappa shape index (κ2) is 13.2. The number of rotatable bonds is 12. The van der Waals surface area contributed by atoms with Crippen molar-refractivity contribution in [2.24, 2.45) is 0 Å². The van der Waals surface area contributed by atoms with Gasteiger partial charge >= 0.3 is 5.97 Å². The fourth-order valence-electron chi connectivity index (χ4n) is 4.22. The average Bonchev–Trinajstić information content (AvgIpc) is 3.46. The van der Waals surface area contributed by atoms with Crippen LogP contribution in [0.2, 0.25) is 10.0 Å². The first-order chi connectivity index (χ1) is 20.3. The molecule has 1 atom stereocenters. The first kappa shape index (κ1) is 29.3. The van der Waals surface area contributed by atoms with E-state index >= 15 is 0 Å². The van der Waals surface area contributed by atoms with E-state index in [1.807, 2.05) is 30.3 Å². The molecule has 1 aromatic heterocycles. The number of carboxylic acids is 1. The minimum absolute atomic E-state index is 0.0126. The Kier molecular flexibility index (Phi) is 9.19. The zero-order valence-electron chi connectivity index (χ0n) is 21.9. The van der Waals surface area contributed by atoms with E-state index in [4.69, 9.17) is 37.3 Å². The molecule has 0 aliphatic carbocycles. The second-order valence-electron chi connectivity index (χ2n) is 9.26. The minimum Gasteiger partial charge on any atom is -0.488 e. The third-order valence-corrected chi connectivity index (χ3v) is 7.22. The third-order valence-electron chi connectivity index (χ3n) is 6.49. The predicted molar refractivity (Wildman–Crippen MR) is 154 cm³/mol. The summed E-state index contributed by atoms with van der Waals surface area (Å²) in [5.74, 6) is -1.22. The number of aromatic nitrogens is 2. The van der Waals surface area contributed by atoms with Crippen LogP contribution in [0.1, 0.15) is 16.7 Å². The van der Waals surface area contributed by atoms with Crippen molar-refractivity contribution in [2.45, 2.75) is 25.8 Å². The molecule has 0 aliphatic heterocycles. The molecular formula is C30H24Cl2FN3O6. The summed E-state index contributed by atoms with van der Waals surface area (Å²) in [6.07, 6.45) is 0. The Bertz CT molecular complexity index is 1720. The molecule has 9 nitrogen and oxygen atoms in total. The van der Waals surface area contributed by atoms with Crippen LogP contribution in [0.5, 0.6) is 11.5 Å². The van der Waals surface area contributed by atoms with Crippen LogP contribution in [0.25, 0.3) is 22.2 Å². The molecule has 1 heterocycles. The average molecular weight is 612 g/mol.